The molecule has 0 aliphatic heterocycles. The molecule has 0 saturated carbocycles. The molecular weight excluding hydrogens is 245 g/mol. The van der Waals surface area contributed by atoms with Crippen LogP contribution in [-0.4, -0.2) is 25.2 Å². The molecule has 3 aromatic rings. The third kappa shape index (κ3) is 2.20. The lowest BCUT2D eigenvalue weighted by atomic mass is 10.1. The molecule has 0 N–H and O–H groups in total. The molecule has 0 bridgehead atoms. The number of pyridine rings is 1. The number of halogens is 1. The van der Waals surface area contributed by atoms with Crippen molar-refractivity contribution < 1.29 is 8.50 Å². The minimum absolute atomic E-state index is 0.0248. The maximum atomic E-state index is 13.9. The van der Waals surface area contributed by atoms with Gasteiger partial charge >= 0.3 is 0 Å². The summed E-state index contributed by atoms with van der Waals surface area (Å²) in [6, 6.07) is 5.21. The van der Waals surface area contributed by atoms with Crippen molar-refractivity contribution in [1.29, 1.82) is 0 Å². The van der Waals surface area contributed by atoms with Crippen LogP contribution in [0.25, 0.3) is 22.6 Å². The highest BCUT2D eigenvalue weighted by molar-refractivity contribution is 5.65. The van der Waals surface area contributed by atoms with E-state index in [4.69, 9.17) is 4.11 Å². The molecule has 0 aliphatic carbocycles. The van der Waals surface area contributed by atoms with Gasteiger partial charge in [0.25, 0.3) is 0 Å². The van der Waals surface area contributed by atoms with E-state index in [1.165, 1.54) is 23.0 Å². The molecule has 2 heterocycles. The summed E-state index contributed by atoms with van der Waals surface area (Å²) in [5.74, 6) is -0.523. The fourth-order valence-corrected chi connectivity index (χ4v) is 1.57. The smallest absolute Gasteiger partial charge is 0.223 e. The Bertz CT molecular complexity index is 865. The van der Waals surface area contributed by atoms with Gasteiger partial charge in [0.15, 0.2) is 0 Å². The Morgan fingerprint density at radius 2 is 2.11 bits per heavy atom. The maximum Gasteiger partial charge on any atom is 0.223 e. The molecule has 0 radical (unpaired) electrons. The predicted molar refractivity (Wildman–Crippen MR) is 67.4 cm³/mol. The van der Waals surface area contributed by atoms with Gasteiger partial charge in [-0.3, -0.25) is 4.98 Å². The minimum Gasteiger partial charge on any atom is -0.252 e. The second-order valence-electron chi connectivity index (χ2n) is 3.78. The summed E-state index contributed by atoms with van der Waals surface area (Å²) in [7, 11) is 1.55. The first kappa shape index (κ1) is 8.47. The number of hydrogen-bond acceptors (Lipinski definition) is 4. The number of hydrogen-bond donors (Lipinski definition) is 0. The molecule has 0 unspecified atom stereocenters. The van der Waals surface area contributed by atoms with E-state index in [1.807, 2.05) is 0 Å². The van der Waals surface area contributed by atoms with Crippen LogP contribution in [0.3, 0.4) is 0 Å². The van der Waals surface area contributed by atoms with E-state index in [1.54, 1.807) is 13.1 Å². The van der Waals surface area contributed by atoms with Gasteiger partial charge in [-0.15, -0.1) is 10.2 Å². The van der Waals surface area contributed by atoms with E-state index in [0.717, 1.165) is 0 Å². The molecular formula is C13H10FN5. The van der Waals surface area contributed by atoms with E-state index >= 15 is 0 Å². The lowest BCUT2D eigenvalue weighted by Gasteiger charge is -2.02. The third-order valence-corrected chi connectivity index (χ3v) is 2.45. The largest absolute Gasteiger partial charge is 0.252 e. The van der Waals surface area contributed by atoms with E-state index in [2.05, 4.69) is 20.4 Å². The third-order valence-electron chi connectivity index (χ3n) is 2.45. The number of tetrazole rings is 1. The zero-order valence-electron chi connectivity index (χ0n) is 12.9. The summed E-state index contributed by atoms with van der Waals surface area (Å²) in [5.41, 5.74) is 0.0103. The average Bonchev–Trinajstić information content (AvgIpc) is 2.91. The molecule has 0 atom stereocenters. The zero-order chi connectivity index (χ0) is 15.9. The van der Waals surface area contributed by atoms with E-state index in [0.29, 0.717) is 0 Å². The fraction of sp³-hybridized carbons (Fsp3) is 0.0769. The standard InChI is InChI=1S/C13H10FN5/c1-19-17-13(16-18-19)12-7-6-9(8-15-12)10-4-2-3-5-11(10)14/h2-8H,1H3/i6D,7D,8D. The quantitative estimate of drug-likeness (QED) is 0.706. The zero-order valence-corrected chi connectivity index (χ0v) is 9.92. The molecule has 0 amide bonds. The second kappa shape index (κ2) is 4.56. The fourth-order valence-electron chi connectivity index (χ4n) is 1.57. The summed E-state index contributed by atoms with van der Waals surface area (Å²) in [6.07, 6.45) is -0.312. The molecule has 6 heteroatoms. The molecule has 5 nitrogen and oxygen atoms in total. The average molecular weight is 258 g/mol. The number of rotatable bonds is 2. The van der Waals surface area contributed by atoms with Gasteiger partial charge in [-0.25, -0.2) is 4.39 Å². The van der Waals surface area contributed by atoms with Crippen molar-refractivity contribution in [3.05, 3.63) is 48.3 Å². The Labute approximate surface area is 112 Å². The van der Waals surface area contributed by atoms with E-state index in [9.17, 15) is 4.39 Å². The first-order chi connectivity index (χ1) is 10.5. The Balaban J connectivity index is 2.24. The van der Waals surface area contributed by atoms with Crippen molar-refractivity contribution >= 4 is 0 Å². The van der Waals surface area contributed by atoms with Crippen LogP contribution in [0.2, 0.25) is 0 Å². The van der Waals surface area contributed by atoms with Crippen LogP contribution in [-0.2, 0) is 7.05 Å². The second-order valence-corrected chi connectivity index (χ2v) is 3.78. The molecule has 1 aromatic carbocycles. The van der Waals surface area contributed by atoms with Gasteiger partial charge in [0.2, 0.25) is 5.82 Å². The molecule has 0 saturated heterocycles. The molecule has 0 aliphatic rings. The summed E-state index contributed by atoms with van der Waals surface area (Å²) in [6.45, 7) is 0. The van der Waals surface area contributed by atoms with Gasteiger partial charge in [0, 0.05) is 17.3 Å². The van der Waals surface area contributed by atoms with Crippen molar-refractivity contribution in [3.8, 4) is 22.6 Å². The highest BCUT2D eigenvalue weighted by atomic mass is 19.1. The molecule has 0 fully saturated rings. The minimum atomic E-state index is -0.573. The van der Waals surface area contributed by atoms with Crippen LogP contribution >= 0.6 is 0 Å². The lowest BCUT2D eigenvalue weighted by molar-refractivity contribution is 0.630. The first-order valence-corrected chi connectivity index (χ1v) is 5.46. The van der Waals surface area contributed by atoms with Crippen molar-refractivity contribution in [2.45, 2.75) is 0 Å². The number of aryl methyl sites for hydroxylation is 1. The van der Waals surface area contributed by atoms with Gasteiger partial charge in [0.05, 0.1) is 11.2 Å². The van der Waals surface area contributed by atoms with Crippen LogP contribution in [0.5, 0.6) is 0 Å². The van der Waals surface area contributed by atoms with E-state index in [-0.39, 0.29) is 40.9 Å². The normalized spacial score (nSPS) is 12.8. The van der Waals surface area contributed by atoms with E-state index < -0.39 is 5.82 Å². The van der Waals surface area contributed by atoms with Crippen LogP contribution in [0, 0.1) is 5.82 Å². The van der Waals surface area contributed by atoms with Crippen molar-refractivity contribution in [2.75, 3.05) is 0 Å². The first-order valence-electron chi connectivity index (χ1n) is 6.96. The van der Waals surface area contributed by atoms with Crippen LogP contribution < -0.4 is 0 Å². The topological polar surface area (TPSA) is 56.5 Å². The van der Waals surface area contributed by atoms with Crippen molar-refractivity contribution in [2.24, 2.45) is 7.05 Å². The Morgan fingerprint density at radius 1 is 1.26 bits per heavy atom. The van der Waals surface area contributed by atoms with Crippen molar-refractivity contribution in [3.63, 3.8) is 0 Å². The SMILES string of the molecule is [2H]c1nc(-c2nnn(C)n2)c([2H])c([2H])c1-c1ccccc1F. The van der Waals surface area contributed by atoms with Crippen LogP contribution in [0.1, 0.15) is 4.11 Å². The summed E-state index contributed by atoms with van der Waals surface area (Å²) < 4.78 is 38.0. The Kier molecular flexibility index (Phi) is 2.03. The lowest BCUT2D eigenvalue weighted by Crippen LogP contribution is -1.92. The Morgan fingerprint density at radius 3 is 2.84 bits per heavy atom. The highest BCUT2D eigenvalue weighted by Gasteiger charge is 2.08. The van der Waals surface area contributed by atoms with Crippen LogP contribution in [0.15, 0.2) is 42.5 Å². The monoisotopic (exact) mass is 258 g/mol. The molecule has 3 rings (SSSR count). The number of benzene rings is 1. The number of aromatic nitrogens is 5. The molecule has 19 heavy (non-hydrogen) atoms. The van der Waals surface area contributed by atoms with Crippen LogP contribution in [0.4, 0.5) is 4.39 Å². The highest BCUT2D eigenvalue weighted by Crippen LogP contribution is 2.23. The van der Waals surface area contributed by atoms with Gasteiger partial charge in [-0.1, -0.05) is 24.2 Å². The summed E-state index contributed by atoms with van der Waals surface area (Å²) in [4.78, 5) is 5.14. The summed E-state index contributed by atoms with van der Waals surface area (Å²) in [5, 5.41) is 11.3. The summed E-state index contributed by atoms with van der Waals surface area (Å²) >= 11 is 0. The molecule has 0 spiro atoms. The van der Waals surface area contributed by atoms with Gasteiger partial charge in [0.1, 0.15) is 11.5 Å². The molecule has 2 aromatic heterocycles. The van der Waals surface area contributed by atoms with Gasteiger partial charge in [-0.2, -0.15) is 4.80 Å². The molecule has 94 valence electrons. The maximum absolute atomic E-state index is 13.9. The van der Waals surface area contributed by atoms with Gasteiger partial charge < -0.3 is 0 Å². The Hall–Kier alpha value is -2.63. The van der Waals surface area contributed by atoms with Gasteiger partial charge in [-0.05, 0) is 17.3 Å². The number of nitrogens with zero attached hydrogens (tertiary/aromatic N) is 5. The van der Waals surface area contributed by atoms with Crippen molar-refractivity contribution in [1.82, 2.24) is 25.2 Å². The predicted octanol–water partition coefficient (Wildman–Crippen LogP) is 2.08.